The summed E-state index contributed by atoms with van der Waals surface area (Å²) in [6, 6.07) is 0. The van der Waals surface area contributed by atoms with Crippen LogP contribution in [0.5, 0.6) is 0 Å². The van der Waals surface area contributed by atoms with Gasteiger partial charge < -0.3 is 4.90 Å². The predicted molar refractivity (Wildman–Crippen MR) is 68.1 cm³/mol. The molecule has 0 aromatic heterocycles. The zero-order valence-electron chi connectivity index (χ0n) is 11.1. The van der Waals surface area contributed by atoms with Gasteiger partial charge in [-0.25, -0.2) is 0 Å². The quantitative estimate of drug-likeness (QED) is 0.625. The number of rotatable bonds is 5. The molecule has 1 fully saturated rings. The summed E-state index contributed by atoms with van der Waals surface area (Å²) in [4.78, 5) is 2.67. The Labute approximate surface area is 96.2 Å². The molecule has 0 saturated carbocycles. The second kappa shape index (κ2) is 6.52. The molecule has 0 aromatic carbocycles. The van der Waals surface area contributed by atoms with Crippen molar-refractivity contribution in [3.63, 3.8) is 0 Å². The van der Waals surface area contributed by atoms with E-state index < -0.39 is 0 Å². The van der Waals surface area contributed by atoms with Gasteiger partial charge in [0.1, 0.15) is 0 Å². The van der Waals surface area contributed by atoms with E-state index in [2.05, 4.69) is 32.6 Å². The first-order chi connectivity index (χ1) is 7.09. The van der Waals surface area contributed by atoms with Gasteiger partial charge in [0.15, 0.2) is 0 Å². The van der Waals surface area contributed by atoms with E-state index in [1.807, 2.05) is 0 Å². The molecule has 1 nitrogen and oxygen atoms in total. The van der Waals surface area contributed by atoms with Gasteiger partial charge in [0.2, 0.25) is 0 Å². The van der Waals surface area contributed by atoms with Crippen LogP contribution in [0.25, 0.3) is 0 Å². The van der Waals surface area contributed by atoms with Crippen LogP contribution in [0.3, 0.4) is 0 Å². The molecule has 90 valence electrons. The SMILES string of the molecule is CC(C)CCCCN1CCC(C)C(C)C1. The Morgan fingerprint density at radius 3 is 2.47 bits per heavy atom. The molecule has 1 aliphatic heterocycles. The molecule has 0 aromatic rings. The van der Waals surface area contributed by atoms with E-state index in [1.165, 1.54) is 45.3 Å². The fourth-order valence-electron chi connectivity index (χ4n) is 2.44. The second-order valence-corrected chi connectivity index (χ2v) is 5.93. The summed E-state index contributed by atoms with van der Waals surface area (Å²) in [7, 11) is 0. The third-order valence-electron chi connectivity index (χ3n) is 3.92. The first kappa shape index (κ1) is 13.0. The summed E-state index contributed by atoms with van der Waals surface area (Å²) < 4.78 is 0. The molecule has 0 aliphatic carbocycles. The van der Waals surface area contributed by atoms with Crippen molar-refractivity contribution in [1.29, 1.82) is 0 Å². The molecule has 1 saturated heterocycles. The van der Waals surface area contributed by atoms with E-state index in [0.717, 1.165) is 17.8 Å². The van der Waals surface area contributed by atoms with Crippen molar-refractivity contribution < 1.29 is 0 Å². The lowest BCUT2D eigenvalue weighted by molar-refractivity contribution is 0.136. The number of hydrogen-bond acceptors (Lipinski definition) is 1. The van der Waals surface area contributed by atoms with Crippen LogP contribution in [-0.2, 0) is 0 Å². The van der Waals surface area contributed by atoms with Crippen LogP contribution in [0.2, 0.25) is 0 Å². The van der Waals surface area contributed by atoms with Crippen molar-refractivity contribution in [2.75, 3.05) is 19.6 Å². The molecule has 1 heteroatoms. The average molecular weight is 211 g/mol. The summed E-state index contributed by atoms with van der Waals surface area (Å²) in [5.41, 5.74) is 0. The highest BCUT2D eigenvalue weighted by Gasteiger charge is 2.21. The molecule has 0 spiro atoms. The van der Waals surface area contributed by atoms with Gasteiger partial charge in [-0.3, -0.25) is 0 Å². The third-order valence-corrected chi connectivity index (χ3v) is 3.92. The van der Waals surface area contributed by atoms with Crippen molar-refractivity contribution in [2.45, 2.75) is 53.4 Å². The molecule has 1 rings (SSSR count). The van der Waals surface area contributed by atoms with Crippen LogP contribution in [0, 0.1) is 17.8 Å². The summed E-state index contributed by atoms with van der Waals surface area (Å²) in [5.74, 6) is 2.73. The minimum Gasteiger partial charge on any atom is -0.303 e. The molecular weight excluding hydrogens is 182 g/mol. The minimum atomic E-state index is 0.880. The highest BCUT2D eigenvalue weighted by molar-refractivity contribution is 4.74. The Morgan fingerprint density at radius 1 is 1.13 bits per heavy atom. The van der Waals surface area contributed by atoms with Gasteiger partial charge >= 0.3 is 0 Å². The zero-order chi connectivity index (χ0) is 11.3. The molecule has 1 heterocycles. The maximum Gasteiger partial charge on any atom is 0.000957 e. The van der Waals surface area contributed by atoms with Gasteiger partial charge in [0.25, 0.3) is 0 Å². The normalized spacial score (nSPS) is 28.6. The van der Waals surface area contributed by atoms with Crippen LogP contribution < -0.4 is 0 Å². The monoisotopic (exact) mass is 211 g/mol. The van der Waals surface area contributed by atoms with E-state index in [9.17, 15) is 0 Å². The topological polar surface area (TPSA) is 3.24 Å². The maximum absolute atomic E-state index is 2.67. The Balaban J connectivity index is 2.07. The van der Waals surface area contributed by atoms with Gasteiger partial charge in [0, 0.05) is 6.54 Å². The van der Waals surface area contributed by atoms with E-state index in [-0.39, 0.29) is 0 Å². The standard InChI is InChI=1S/C14H29N/c1-12(2)7-5-6-9-15-10-8-13(3)14(4)11-15/h12-14H,5-11H2,1-4H3. The zero-order valence-corrected chi connectivity index (χ0v) is 11.1. The lowest BCUT2D eigenvalue weighted by Gasteiger charge is -2.35. The molecule has 0 radical (unpaired) electrons. The van der Waals surface area contributed by atoms with E-state index in [1.54, 1.807) is 0 Å². The lowest BCUT2D eigenvalue weighted by atomic mass is 9.88. The van der Waals surface area contributed by atoms with Gasteiger partial charge in [-0.1, -0.05) is 40.5 Å². The number of hydrogen-bond donors (Lipinski definition) is 0. The Bertz CT molecular complexity index is 165. The van der Waals surface area contributed by atoms with Crippen LogP contribution in [0.1, 0.15) is 53.4 Å². The molecule has 0 amide bonds. The van der Waals surface area contributed by atoms with Crippen LogP contribution in [-0.4, -0.2) is 24.5 Å². The smallest absolute Gasteiger partial charge is 0.000957 e. The van der Waals surface area contributed by atoms with Crippen molar-refractivity contribution in [3.05, 3.63) is 0 Å². The average Bonchev–Trinajstić information content (AvgIpc) is 2.18. The molecular formula is C14H29N. The van der Waals surface area contributed by atoms with E-state index >= 15 is 0 Å². The molecule has 15 heavy (non-hydrogen) atoms. The highest BCUT2D eigenvalue weighted by atomic mass is 15.1. The van der Waals surface area contributed by atoms with Gasteiger partial charge in [0.05, 0.1) is 0 Å². The fraction of sp³-hybridized carbons (Fsp3) is 1.00. The summed E-state index contributed by atoms with van der Waals surface area (Å²) in [6.45, 7) is 13.5. The minimum absolute atomic E-state index is 0.880. The summed E-state index contributed by atoms with van der Waals surface area (Å²) >= 11 is 0. The number of nitrogens with zero attached hydrogens (tertiary/aromatic N) is 1. The van der Waals surface area contributed by atoms with Crippen molar-refractivity contribution in [2.24, 2.45) is 17.8 Å². The van der Waals surface area contributed by atoms with Crippen LogP contribution in [0.4, 0.5) is 0 Å². The Morgan fingerprint density at radius 2 is 1.87 bits per heavy atom. The summed E-state index contributed by atoms with van der Waals surface area (Å²) in [6.07, 6.45) is 5.63. The predicted octanol–water partition coefficient (Wildman–Crippen LogP) is 3.79. The molecule has 2 unspecified atom stereocenters. The van der Waals surface area contributed by atoms with Crippen molar-refractivity contribution >= 4 is 0 Å². The molecule has 1 aliphatic rings. The third kappa shape index (κ3) is 5.01. The van der Waals surface area contributed by atoms with Gasteiger partial charge in [-0.05, 0) is 43.7 Å². The van der Waals surface area contributed by atoms with E-state index in [4.69, 9.17) is 0 Å². The largest absolute Gasteiger partial charge is 0.303 e. The number of piperidine rings is 1. The maximum atomic E-state index is 2.67. The number of unbranched alkanes of at least 4 members (excludes halogenated alkanes) is 1. The Kier molecular flexibility index (Phi) is 5.66. The molecule has 0 N–H and O–H groups in total. The van der Waals surface area contributed by atoms with Crippen LogP contribution >= 0.6 is 0 Å². The highest BCUT2D eigenvalue weighted by Crippen LogP contribution is 2.22. The lowest BCUT2D eigenvalue weighted by Crippen LogP contribution is -2.38. The summed E-state index contributed by atoms with van der Waals surface area (Å²) in [5, 5.41) is 0. The Hall–Kier alpha value is -0.0400. The van der Waals surface area contributed by atoms with Crippen molar-refractivity contribution in [1.82, 2.24) is 4.90 Å². The van der Waals surface area contributed by atoms with E-state index in [0.29, 0.717) is 0 Å². The first-order valence-corrected chi connectivity index (χ1v) is 6.82. The van der Waals surface area contributed by atoms with Crippen molar-refractivity contribution in [3.8, 4) is 0 Å². The fourth-order valence-corrected chi connectivity index (χ4v) is 2.44. The first-order valence-electron chi connectivity index (χ1n) is 6.82. The van der Waals surface area contributed by atoms with Crippen LogP contribution in [0.15, 0.2) is 0 Å². The van der Waals surface area contributed by atoms with Gasteiger partial charge in [-0.15, -0.1) is 0 Å². The molecule has 2 atom stereocenters. The van der Waals surface area contributed by atoms with Gasteiger partial charge in [-0.2, -0.15) is 0 Å². The number of likely N-dealkylation sites (tertiary alicyclic amines) is 1. The molecule has 0 bridgehead atoms. The second-order valence-electron chi connectivity index (χ2n) is 5.93.